The van der Waals surface area contributed by atoms with E-state index in [4.69, 9.17) is 11.6 Å². The van der Waals surface area contributed by atoms with Gasteiger partial charge in [-0.25, -0.2) is 0 Å². The van der Waals surface area contributed by atoms with E-state index >= 15 is 0 Å². The maximum absolute atomic E-state index is 6.25. The molecule has 86 valence electrons. The number of para-hydroxylation sites is 1. The van der Waals surface area contributed by atoms with Crippen LogP contribution in [0.2, 0.25) is 5.02 Å². The maximum Gasteiger partial charge on any atom is 0.0702 e. The summed E-state index contributed by atoms with van der Waals surface area (Å²) in [4.78, 5) is 1.31. The van der Waals surface area contributed by atoms with E-state index in [0.29, 0.717) is 0 Å². The van der Waals surface area contributed by atoms with Gasteiger partial charge in [0.25, 0.3) is 0 Å². The lowest BCUT2D eigenvalue weighted by molar-refractivity contribution is 0.852. The third-order valence-corrected chi connectivity index (χ3v) is 4.61. The van der Waals surface area contributed by atoms with Crippen LogP contribution in [-0.2, 0) is 6.54 Å². The Kier molecular flexibility index (Phi) is 2.99. The van der Waals surface area contributed by atoms with Gasteiger partial charge in [-0.1, -0.05) is 23.7 Å². The Morgan fingerprint density at radius 3 is 2.82 bits per heavy atom. The molecule has 4 heteroatoms. The van der Waals surface area contributed by atoms with Crippen LogP contribution in [0.5, 0.6) is 0 Å². The van der Waals surface area contributed by atoms with Crippen molar-refractivity contribution in [2.75, 3.05) is 0 Å². The van der Waals surface area contributed by atoms with Crippen LogP contribution in [0.4, 0.5) is 0 Å². The molecule has 3 aromatic rings. The van der Waals surface area contributed by atoms with Crippen molar-refractivity contribution < 1.29 is 0 Å². The minimum absolute atomic E-state index is 0.808. The first kappa shape index (κ1) is 11.3. The summed E-state index contributed by atoms with van der Waals surface area (Å²) in [5, 5.41) is 2.00. The molecule has 0 spiro atoms. The number of fused-ring (bicyclic) bond motifs is 1. The molecule has 0 aliphatic heterocycles. The first-order valence-corrected chi connectivity index (χ1v) is 7.20. The van der Waals surface area contributed by atoms with Crippen molar-refractivity contribution in [3.63, 3.8) is 0 Å². The minimum Gasteiger partial charge on any atom is -0.341 e. The Bertz CT molecular complexity index is 671. The molecular formula is C13H9BrClNS. The molecule has 0 bridgehead atoms. The molecule has 2 aromatic heterocycles. The molecule has 1 aromatic carbocycles. The van der Waals surface area contributed by atoms with Crippen LogP contribution in [0.1, 0.15) is 4.88 Å². The van der Waals surface area contributed by atoms with E-state index in [2.05, 4.69) is 51.0 Å². The van der Waals surface area contributed by atoms with Crippen molar-refractivity contribution in [3.05, 3.63) is 56.3 Å². The van der Waals surface area contributed by atoms with Crippen LogP contribution in [0.3, 0.4) is 0 Å². The summed E-state index contributed by atoms with van der Waals surface area (Å²) in [6.45, 7) is 0.865. The molecule has 0 saturated carbocycles. The third kappa shape index (κ3) is 2.15. The fraction of sp³-hybridized carbons (Fsp3) is 0.0769. The molecule has 2 heterocycles. The van der Waals surface area contributed by atoms with Gasteiger partial charge in [0, 0.05) is 16.5 Å². The summed E-state index contributed by atoms with van der Waals surface area (Å²) in [6, 6.07) is 12.3. The van der Waals surface area contributed by atoms with E-state index in [9.17, 15) is 0 Å². The second-order valence-electron chi connectivity index (χ2n) is 3.83. The van der Waals surface area contributed by atoms with Gasteiger partial charge in [0.1, 0.15) is 0 Å². The number of aromatic nitrogens is 1. The zero-order valence-corrected chi connectivity index (χ0v) is 12.0. The third-order valence-electron chi connectivity index (χ3n) is 2.69. The normalized spacial score (nSPS) is 11.2. The summed E-state index contributed by atoms with van der Waals surface area (Å²) < 4.78 is 3.35. The van der Waals surface area contributed by atoms with Gasteiger partial charge in [0.15, 0.2) is 0 Å². The second kappa shape index (κ2) is 4.48. The summed E-state index contributed by atoms with van der Waals surface area (Å²) in [6.07, 6.45) is 2.09. The van der Waals surface area contributed by atoms with Gasteiger partial charge in [0.05, 0.1) is 20.9 Å². The van der Waals surface area contributed by atoms with Crippen molar-refractivity contribution in [1.82, 2.24) is 4.57 Å². The molecule has 17 heavy (non-hydrogen) atoms. The van der Waals surface area contributed by atoms with Crippen LogP contribution < -0.4 is 0 Å². The molecule has 0 fully saturated rings. The van der Waals surface area contributed by atoms with Crippen LogP contribution in [0.15, 0.2) is 46.4 Å². The number of hydrogen-bond donors (Lipinski definition) is 0. The Hall–Kier alpha value is -0.770. The quantitative estimate of drug-likeness (QED) is 0.612. The highest BCUT2D eigenvalue weighted by molar-refractivity contribution is 9.11. The average Bonchev–Trinajstić information content (AvgIpc) is 2.88. The Labute approximate surface area is 117 Å². The van der Waals surface area contributed by atoms with Gasteiger partial charge in [-0.2, -0.15) is 0 Å². The average molecular weight is 327 g/mol. The Morgan fingerprint density at radius 1 is 1.18 bits per heavy atom. The summed E-state index contributed by atoms with van der Waals surface area (Å²) in [5.41, 5.74) is 1.11. The number of thiophene rings is 1. The molecule has 0 radical (unpaired) electrons. The zero-order chi connectivity index (χ0) is 11.8. The molecule has 0 unspecified atom stereocenters. The maximum atomic E-state index is 6.25. The van der Waals surface area contributed by atoms with Gasteiger partial charge in [0.2, 0.25) is 0 Å². The number of halogens is 2. The lowest BCUT2D eigenvalue weighted by atomic mass is 10.2. The lowest BCUT2D eigenvalue weighted by Crippen LogP contribution is -1.95. The fourth-order valence-electron chi connectivity index (χ4n) is 1.95. The van der Waals surface area contributed by atoms with Crippen molar-refractivity contribution in [1.29, 1.82) is 0 Å². The molecular weight excluding hydrogens is 318 g/mol. The van der Waals surface area contributed by atoms with Crippen molar-refractivity contribution in [3.8, 4) is 0 Å². The highest BCUT2D eigenvalue weighted by atomic mass is 79.9. The zero-order valence-electron chi connectivity index (χ0n) is 8.86. The molecule has 0 atom stereocenters. The van der Waals surface area contributed by atoms with Gasteiger partial charge in [-0.3, -0.25) is 0 Å². The lowest BCUT2D eigenvalue weighted by Gasteiger charge is -2.04. The molecule has 0 saturated heterocycles. The van der Waals surface area contributed by atoms with Crippen LogP contribution >= 0.6 is 38.9 Å². The number of hydrogen-bond acceptors (Lipinski definition) is 1. The van der Waals surface area contributed by atoms with E-state index < -0.39 is 0 Å². The first-order chi connectivity index (χ1) is 8.24. The highest BCUT2D eigenvalue weighted by Gasteiger charge is 2.06. The molecule has 0 aliphatic rings. The Morgan fingerprint density at radius 2 is 2.06 bits per heavy atom. The standard InChI is InChI=1S/C13H9BrClNS/c14-12-5-4-10(17-12)8-16-7-6-9-2-1-3-11(15)13(9)16/h1-7H,8H2. The summed E-state index contributed by atoms with van der Waals surface area (Å²) in [5.74, 6) is 0. The number of rotatable bonds is 2. The van der Waals surface area contributed by atoms with Crippen LogP contribution in [0, 0.1) is 0 Å². The van der Waals surface area contributed by atoms with Gasteiger partial charge >= 0.3 is 0 Å². The van der Waals surface area contributed by atoms with Crippen molar-refractivity contribution in [2.45, 2.75) is 6.54 Å². The largest absolute Gasteiger partial charge is 0.341 e. The monoisotopic (exact) mass is 325 g/mol. The SMILES string of the molecule is Clc1cccc2ccn(Cc3ccc(Br)s3)c12. The molecule has 3 rings (SSSR count). The highest BCUT2D eigenvalue weighted by Crippen LogP contribution is 2.27. The smallest absolute Gasteiger partial charge is 0.0702 e. The predicted octanol–water partition coefficient (Wildman–Crippen LogP) is 5.17. The second-order valence-corrected chi connectivity index (χ2v) is 6.78. The van der Waals surface area contributed by atoms with E-state index in [1.54, 1.807) is 11.3 Å². The van der Waals surface area contributed by atoms with Gasteiger partial charge in [-0.05, 0) is 40.2 Å². The summed E-state index contributed by atoms with van der Waals surface area (Å²) in [7, 11) is 0. The van der Waals surface area contributed by atoms with Gasteiger partial charge in [-0.15, -0.1) is 11.3 Å². The Balaban J connectivity index is 2.06. The minimum atomic E-state index is 0.808. The first-order valence-electron chi connectivity index (χ1n) is 5.21. The molecule has 1 nitrogen and oxygen atoms in total. The number of nitrogens with zero attached hydrogens (tertiary/aromatic N) is 1. The summed E-state index contributed by atoms with van der Waals surface area (Å²) >= 11 is 11.5. The van der Waals surface area contributed by atoms with Crippen LogP contribution in [0.25, 0.3) is 10.9 Å². The van der Waals surface area contributed by atoms with E-state index in [-0.39, 0.29) is 0 Å². The van der Waals surface area contributed by atoms with Crippen LogP contribution in [-0.4, -0.2) is 4.57 Å². The van der Waals surface area contributed by atoms with E-state index in [1.807, 2.05) is 12.1 Å². The topological polar surface area (TPSA) is 4.93 Å². The molecule has 0 amide bonds. The van der Waals surface area contributed by atoms with Gasteiger partial charge < -0.3 is 4.57 Å². The predicted molar refractivity (Wildman–Crippen MR) is 78.1 cm³/mol. The molecule has 0 N–H and O–H groups in total. The van der Waals surface area contributed by atoms with E-state index in [1.165, 1.54) is 10.3 Å². The molecule has 0 aliphatic carbocycles. The number of benzene rings is 1. The fourth-order valence-corrected chi connectivity index (χ4v) is 3.72. The van der Waals surface area contributed by atoms with Crippen molar-refractivity contribution >= 4 is 49.8 Å². The van der Waals surface area contributed by atoms with E-state index in [0.717, 1.165) is 20.9 Å². The van der Waals surface area contributed by atoms with Crippen molar-refractivity contribution in [2.24, 2.45) is 0 Å².